The van der Waals surface area contributed by atoms with Crippen LogP contribution >= 0.6 is 0 Å². The predicted molar refractivity (Wildman–Crippen MR) is 129 cm³/mol. The van der Waals surface area contributed by atoms with Crippen LogP contribution in [0, 0.1) is 5.92 Å². The number of benzene rings is 1. The fourth-order valence-corrected chi connectivity index (χ4v) is 4.77. The molecule has 178 valence electrons. The molecule has 1 aromatic carbocycles. The van der Waals surface area contributed by atoms with Crippen LogP contribution in [-0.4, -0.2) is 59.2 Å². The molecular formula is C26H30N4O4. The first-order valence-corrected chi connectivity index (χ1v) is 11.8. The van der Waals surface area contributed by atoms with E-state index in [0.29, 0.717) is 37.6 Å². The smallest absolute Gasteiger partial charge is 0.255 e. The van der Waals surface area contributed by atoms with Crippen molar-refractivity contribution in [3.63, 3.8) is 0 Å². The Labute approximate surface area is 198 Å². The number of rotatable bonds is 6. The van der Waals surface area contributed by atoms with E-state index in [1.165, 1.54) is 0 Å². The van der Waals surface area contributed by atoms with Crippen LogP contribution in [0.3, 0.4) is 0 Å². The van der Waals surface area contributed by atoms with Crippen LogP contribution < -0.4 is 10.1 Å². The summed E-state index contributed by atoms with van der Waals surface area (Å²) >= 11 is 0. The van der Waals surface area contributed by atoms with Gasteiger partial charge in [0, 0.05) is 54.6 Å². The van der Waals surface area contributed by atoms with Gasteiger partial charge in [-0.2, -0.15) is 0 Å². The maximum absolute atomic E-state index is 13.3. The summed E-state index contributed by atoms with van der Waals surface area (Å²) < 4.78 is 13.0. The number of aromatic nitrogens is 2. The number of fused-ring (bicyclic) bond motifs is 1. The van der Waals surface area contributed by atoms with E-state index in [2.05, 4.69) is 21.1 Å². The van der Waals surface area contributed by atoms with Crippen LogP contribution in [0.4, 0.5) is 5.69 Å². The summed E-state index contributed by atoms with van der Waals surface area (Å²) in [5, 5.41) is 4.16. The first kappa shape index (κ1) is 22.4. The number of hydrogen-bond acceptors (Lipinski definition) is 5. The highest BCUT2D eigenvalue weighted by Gasteiger charge is 2.30. The highest BCUT2D eigenvalue weighted by molar-refractivity contribution is 5.96. The van der Waals surface area contributed by atoms with Gasteiger partial charge in [0.1, 0.15) is 0 Å². The highest BCUT2D eigenvalue weighted by atomic mass is 16.5. The SMILES string of the molecule is COc1ccc(C(=O)N2CCOC[C@@H]2Cc2cn(C)c3ccc(NC(=O)C4CCC4)cc23)cn1. The molecule has 2 aliphatic rings. The Morgan fingerprint density at radius 1 is 1.24 bits per heavy atom. The van der Waals surface area contributed by atoms with Gasteiger partial charge in [-0.05, 0) is 49.1 Å². The van der Waals surface area contributed by atoms with E-state index in [9.17, 15) is 9.59 Å². The number of nitrogens with zero attached hydrogens (tertiary/aromatic N) is 3. The molecule has 34 heavy (non-hydrogen) atoms. The average molecular weight is 463 g/mol. The number of aryl methyl sites for hydroxylation is 1. The second kappa shape index (κ2) is 9.46. The number of morpholine rings is 1. The Morgan fingerprint density at radius 2 is 2.09 bits per heavy atom. The Kier molecular flexibility index (Phi) is 6.24. The van der Waals surface area contributed by atoms with Gasteiger partial charge in [-0.1, -0.05) is 6.42 Å². The van der Waals surface area contributed by atoms with Crippen molar-refractivity contribution in [2.75, 3.05) is 32.2 Å². The number of methoxy groups -OCH3 is 1. The van der Waals surface area contributed by atoms with Crippen LogP contribution in [0.25, 0.3) is 10.9 Å². The third-order valence-electron chi connectivity index (χ3n) is 6.95. The fourth-order valence-electron chi connectivity index (χ4n) is 4.77. The number of carbonyl (C=O) groups excluding carboxylic acids is 2. The summed E-state index contributed by atoms with van der Waals surface area (Å²) in [6.45, 7) is 1.52. The van der Waals surface area contributed by atoms with Gasteiger partial charge >= 0.3 is 0 Å². The third kappa shape index (κ3) is 4.37. The molecule has 1 aliphatic heterocycles. The summed E-state index contributed by atoms with van der Waals surface area (Å²) in [7, 11) is 3.57. The van der Waals surface area contributed by atoms with Crippen LogP contribution in [0.15, 0.2) is 42.7 Å². The summed E-state index contributed by atoms with van der Waals surface area (Å²) in [5.41, 5.74) is 3.56. The normalized spacial score (nSPS) is 18.5. The van der Waals surface area contributed by atoms with Crippen molar-refractivity contribution in [1.29, 1.82) is 0 Å². The summed E-state index contributed by atoms with van der Waals surface area (Å²) in [4.78, 5) is 31.8. The van der Waals surface area contributed by atoms with Crippen molar-refractivity contribution < 1.29 is 19.1 Å². The molecule has 2 amide bonds. The molecule has 1 saturated heterocycles. The molecule has 2 aromatic heterocycles. The minimum Gasteiger partial charge on any atom is -0.481 e. The first-order chi connectivity index (χ1) is 16.5. The fraction of sp³-hybridized carbons (Fsp3) is 0.423. The Hall–Kier alpha value is -3.39. The minimum absolute atomic E-state index is 0.0582. The minimum atomic E-state index is -0.0952. The predicted octanol–water partition coefficient (Wildman–Crippen LogP) is 3.40. The molecular weight excluding hydrogens is 432 g/mol. The Bertz CT molecular complexity index is 1200. The second-order valence-corrected chi connectivity index (χ2v) is 9.13. The van der Waals surface area contributed by atoms with Gasteiger partial charge in [-0.3, -0.25) is 9.59 Å². The van der Waals surface area contributed by atoms with E-state index in [1.54, 1.807) is 25.4 Å². The lowest BCUT2D eigenvalue weighted by atomic mass is 9.85. The molecule has 0 spiro atoms. The van der Waals surface area contributed by atoms with Crippen molar-refractivity contribution in [3.8, 4) is 5.88 Å². The number of nitrogens with one attached hydrogen (secondary N) is 1. The molecule has 1 atom stereocenters. The maximum Gasteiger partial charge on any atom is 0.255 e. The molecule has 0 unspecified atom stereocenters. The summed E-state index contributed by atoms with van der Waals surface area (Å²) in [6.07, 6.45) is 7.40. The van der Waals surface area contributed by atoms with E-state index >= 15 is 0 Å². The Morgan fingerprint density at radius 3 is 2.79 bits per heavy atom. The van der Waals surface area contributed by atoms with Crippen molar-refractivity contribution in [3.05, 3.63) is 53.9 Å². The van der Waals surface area contributed by atoms with Crippen LogP contribution in [0.2, 0.25) is 0 Å². The van der Waals surface area contributed by atoms with Gasteiger partial charge in [0.25, 0.3) is 5.91 Å². The molecule has 0 bridgehead atoms. The number of ether oxygens (including phenoxy) is 2. The standard InChI is InChI=1S/C26H30N4O4/c1-29-15-19(22-13-20(7-8-23(22)29)28-25(31)17-4-3-5-17)12-21-16-34-11-10-30(21)26(32)18-6-9-24(33-2)27-14-18/h6-9,13-15,17,21H,3-5,10-12,16H2,1-2H3,(H,28,31)/t21-/m0/s1. The number of hydrogen-bond donors (Lipinski definition) is 1. The molecule has 8 nitrogen and oxygen atoms in total. The van der Waals surface area contributed by atoms with Crippen LogP contribution in [0.1, 0.15) is 35.2 Å². The highest BCUT2D eigenvalue weighted by Crippen LogP contribution is 2.30. The van der Waals surface area contributed by atoms with Crippen molar-refractivity contribution in [2.45, 2.75) is 31.7 Å². The molecule has 5 rings (SSSR count). The molecule has 3 heterocycles. The quantitative estimate of drug-likeness (QED) is 0.607. The van der Waals surface area contributed by atoms with Crippen LogP contribution in [0.5, 0.6) is 5.88 Å². The zero-order valence-electron chi connectivity index (χ0n) is 19.6. The number of amides is 2. The molecule has 0 radical (unpaired) electrons. The van der Waals surface area contributed by atoms with Crippen LogP contribution in [-0.2, 0) is 23.0 Å². The van der Waals surface area contributed by atoms with Gasteiger partial charge in [0.05, 0.1) is 31.9 Å². The summed E-state index contributed by atoms with van der Waals surface area (Å²) in [5.74, 6) is 0.661. The summed E-state index contributed by atoms with van der Waals surface area (Å²) in [6, 6.07) is 9.40. The second-order valence-electron chi connectivity index (χ2n) is 9.13. The van der Waals surface area contributed by atoms with Gasteiger partial charge < -0.3 is 24.3 Å². The molecule has 8 heteroatoms. The van der Waals surface area contributed by atoms with E-state index in [-0.39, 0.29) is 23.8 Å². The van der Waals surface area contributed by atoms with E-state index in [4.69, 9.17) is 9.47 Å². The molecule has 1 N–H and O–H groups in total. The van der Waals surface area contributed by atoms with Gasteiger partial charge in [-0.25, -0.2) is 4.98 Å². The topological polar surface area (TPSA) is 85.7 Å². The molecule has 2 fully saturated rings. The third-order valence-corrected chi connectivity index (χ3v) is 6.95. The largest absolute Gasteiger partial charge is 0.481 e. The lowest BCUT2D eigenvalue weighted by molar-refractivity contribution is -0.122. The average Bonchev–Trinajstić information content (AvgIpc) is 3.12. The zero-order chi connectivity index (χ0) is 23.7. The lowest BCUT2D eigenvalue weighted by Crippen LogP contribution is -2.49. The van der Waals surface area contributed by atoms with Gasteiger partial charge in [-0.15, -0.1) is 0 Å². The number of pyridine rings is 1. The number of anilines is 1. The van der Waals surface area contributed by atoms with Crippen molar-refractivity contribution >= 4 is 28.4 Å². The first-order valence-electron chi connectivity index (χ1n) is 11.8. The van der Waals surface area contributed by atoms with Gasteiger partial charge in [0.2, 0.25) is 11.8 Å². The van der Waals surface area contributed by atoms with E-state index in [0.717, 1.165) is 41.4 Å². The monoisotopic (exact) mass is 462 g/mol. The molecule has 3 aromatic rings. The molecule has 1 saturated carbocycles. The Balaban J connectivity index is 1.38. The van der Waals surface area contributed by atoms with Gasteiger partial charge in [0.15, 0.2) is 0 Å². The van der Waals surface area contributed by atoms with Crippen molar-refractivity contribution in [1.82, 2.24) is 14.5 Å². The lowest BCUT2D eigenvalue weighted by Gasteiger charge is -2.35. The zero-order valence-corrected chi connectivity index (χ0v) is 19.6. The van der Waals surface area contributed by atoms with Crippen molar-refractivity contribution in [2.24, 2.45) is 13.0 Å². The number of carbonyl (C=O) groups is 2. The maximum atomic E-state index is 13.3. The van der Waals surface area contributed by atoms with E-state index in [1.807, 2.05) is 30.1 Å². The molecule has 1 aliphatic carbocycles. The van der Waals surface area contributed by atoms with E-state index < -0.39 is 0 Å².